The Bertz CT molecular complexity index is 402. The van der Waals surface area contributed by atoms with Gasteiger partial charge in [0, 0.05) is 6.54 Å². The van der Waals surface area contributed by atoms with Crippen LogP contribution < -0.4 is 15.8 Å². The maximum atomic E-state index is 11.2. The van der Waals surface area contributed by atoms with E-state index in [9.17, 15) is 4.79 Å². The van der Waals surface area contributed by atoms with E-state index in [0.29, 0.717) is 11.3 Å². The van der Waals surface area contributed by atoms with Crippen molar-refractivity contribution >= 4 is 5.91 Å². The summed E-state index contributed by atoms with van der Waals surface area (Å²) in [6.45, 7) is 1.77. The van der Waals surface area contributed by atoms with E-state index in [0.717, 1.165) is 19.5 Å². The number of primary amides is 1. The van der Waals surface area contributed by atoms with E-state index < -0.39 is 5.91 Å². The number of nitrogens with two attached hydrogens (primary N) is 1. The molecule has 3 N–H and O–H groups in total. The summed E-state index contributed by atoms with van der Waals surface area (Å²) in [6, 6.07) is 3.74. The number of nitrogens with one attached hydrogen (secondary N) is 1. The van der Waals surface area contributed by atoms with Crippen LogP contribution >= 0.6 is 0 Å². The fourth-order valence-corrected chi connectivity index (χ4v) is 1.87. The molecule has 1 aromatic rings. The molecule has 1 aromatic carbocycles. The number of rotatable bonds is 2. The summed E-state index contributed by atoms with van der Waals surface area (Å²) in [5.74, 6) is 0.123. The average Bonchev–Trinajstić information content (AvgIpc) is 2.27. The summed E-state index contributed by atoms with van der Waals surface area (Å²) >= 11 is 0. The van der Waals surface area contributed by atoms with Gasteiger partial charge in [0.25, 0.3) is 5.91 Å². The predicted molar refractivity (Wildman–Crippen MR) is 56.9 cm³/mol. The molecule has 4 nitrogen and oxygen atoms in total. The molecule has 0 saturated carbocycles. The molecule has 0 aliphatic carbocycles. The van der Waals surface area contributed by atoms with E-state index >= 15 is 0 Å². The Balaban J connectivity index is 2.51. The van der Waals surface area contributed by atoms with Gasteiger partial charge in [-0.1, -0.05) is 0 Å². The van der Waals surface area contributed by atoms with Crippen molar-refractivity contribution in [1.29, 1.82) is 0 Å². The Labute approximate surface area is 88.4 Å². The third kappa shape index (κ3) is 1.80. The summed E-state index contributed by atoms with van der Waals surface area (Å²) < 4.78 is 5.14. The third-order valence-corrected chi connectivity index (χ3v) is 2.67. The van der Waals surface area contributed by atoms with Gasteiger partial charge in [-0.25, -0.2) is 0 Å². The van der Waals surface area contributed by atoms with Crippen molar-refractivity contribution in [3.63, 3.8) is 0 Å². The predicted octanol–water partition coefficient (Wildman–Crippen LogP) is 0.440. The first-order chi connectivity index (χ1) is 7.22. The Morgan fingerprint density at radius 2 is 2.27 bits per heavy atom. The molecule has 0 fully saturated rings. The molecule has 1 aliphatic rings. The molecule has 80 valence electrons. The molecule has 1 heterocycles. The van der Waals surface area contributed by atoms with Gasteiger partial charge in [0.05, 0.1) is 12.7 Å². The molecule has 0 aromatic heterocycles. The van der Waals surface area contributed by atoms with Gasteiger partial charge >= 0.3 is 0 Å². The van der Waals surface area contributed by atoms with Crippen LogP contribution in [-0.4, -0.2) is 19.6 Å². The molecule has 0 unspecified atom stereocenters. The van der Waals surface area contributed by atoms with Gasteiger partial charge in [-0.15, -0.1) is 0 Å². The molecule has 4 heteroatoms. The number of hydrogen-bond acceptors (Lipinski definition) is 3. The van der Waals surface area contributed by atoms with Gasteiger partial charge in [-0.3, -0.25) is 4.79 Å². The quantitative estimate of drug-likeness (QED) is 0.738. The largest absolute Gasteiger partial charge is 0.496 e. The molecule has 2 rings (SSSR count). The number of fused-ring (bicyclic) bond motifs is 1. The smallest absolute Gasteiger partial charge is 0.252 e. The third-order valence-electron chi connectivity index (χ3n) is 2.67. The van der Waals surface area contributed by atoms with Crippen LogP contribution in [0.4, 0.5) is 0 Å². The van der Waals surface area contributed by atoms with Crippen LogP contribution in [0.25, 0.3) is 0 Å². The summed E-state index contributed by atoms with van der Waals surface area (Å²) in [7, 11) is 1.55. The van der Waals surface area contributed by atoms with E-state index in [1.807, 2.05) is 12.1 Å². The van der Waals surface area contributed by atoms with Gasteiger partial charge in [-0.2, -0.15) is 0 Å². The second-order valence-corrected chi connectivity index (χ2v) is 3.61. The van der Waals surface area contributed by atoms with Crippen molar-refractivity contribution in [2.24, 2.45) is 5.73 Å². The van der Waals surface area contributed by atoms with Crippen molar-refractivity contribution in [1.82, 2.24) is 5.32 Å². The lowest BCUT2D eigenvalue weighted by Crippen LogP contribution is -2.24. The van der Waals surface area contributed by atoms with Gasteiger partial charge < -0.3 is 15.8 Å². The SMILES string of the molecule is COc1cc2c(cc1C(N)=O)CCNC2. The fourth-order valence-electron chi connectivity index (χ4n) is 1.87. The van der Waals surface area contributed by atoms with Crippen molar-refractivity contribution in [3.8, 4) is 5.75 Å². The van der Waals surface area contributed by atoms with Crippen LogP contribution in [0, 0.1) is 0 Å². The van der Waals surface area contributed by atoms with E-state index in [1.54, 1.807) is 7.11 Å². The fraction of sp³-hybridized carbons (Fsp3) is 0.364. The zero-order valence-electron chi connectivity index (χ0n) is 8.67. The number of amides is 1. The van der Waals surface area contributed by atoms with Crippen LogP contribution in [0.2, 0.25) is 0 Å². The normalized spacial score (nSPS) is 14.5. The zero-order valence-corrected chi connectivity index (χ0v) is 8.67. The Kier molecular flexibility index (Phi) is 2.60. The minimum atomic E-state index is -0.437. The van der Waals surface area contributed by atoms with Crippen molar-refractivity contribution in [3.05, 3.63) is 28.8 Å². The number of benzene rings is 1. The highest BCUT2D eigenvalue weighted by atomic mass is 16.5. The molecule has 0 saturated heterocycles. The molecule has 0 spiro atoms. The van der Waals surface area contributed by atoms with E-state index in [2.05, 4.69) is 5.32 Å². The summed E-state index contributed by atoms with van der Waals surface area (Å²) in [5.41, 5.74) is 8.13. The average molecular weight is 206 g/mol. The molecule has 0 atom stereocenters. The monoisotopic (exact) mass is 206 g/mol. The minimum absolute atomic E-state index is 0.437. The van der Waals surface area contributed by atoms with Crippen LogP contribution in [0.3, 0.4) is 0 Å². The first-order valence-corrected chi connectivity index (χ1v) is 4.92. The molecule has 0 bridgehead atoms. The zero-order chi connectivity index (χ0) is 10.8. The molecular formula is C11H14N2O2. The van der Waals surface area contributed by atoms with Gasteiger partial charge in [0.2, 0.25) is 0 Å². The van der Waals surface area contributed by atoms with Gasteiger partial charge in [0.1, 0.15) is 5.75 Å². The number of carbonyl (C=O) groups excluding carboxylic acids is 1. The molecule has 1 amide bonds. The maximum absolute atomic E-state index is 11.2. The second-order valence-electron chi connectivity index (χ2n) is 3.61. The number of methoxy groups -OCH3 is 1. The van der Waals surface area contributed by atoms with Crippen LogP contribution in [0.5, 0.6) is 5.75 Å². The van der Waals surface area contributed by atoms with Crippen molar-refractivity contribution < 1.29 is 9.53 Å². The van der Waals surface area contributed by atoms with Crippen LogP contribution in [0.15, 0.2) is 12.1 Å². The van der Waals surface area contributed by atoms with Crippen LogP contribution in [0.1, 0.15) is 21.5 Å². The topological polar surface area (TPSA) is 64.3 Å². The van der Waals surface area contributed by atoms with E-state index in [4.69, 9.17) is 10.5 Å². The lowest BCUT2D eigenvalue weighted by molar-refractivity contribution is 0.0997. The summed E-state index contributed by atoms with van der Waals surface area (Å²) in [6.07, 6.45) is 0.930. The summed E-state index contributed by atoms with van der Waals surface area (Å²) in [4.78, 5) is 11.2. The lowest BCUT2D eigenvalue weighted by Gasteiger charge is -2.19. The highest BCUT2D eigenvalue weighted by Crippen LogP contribution is 2.25. The highest BCUT2D eigenvalue weighted by Gasteiger charge is 2.16. The van der Waals surface area contributed by atoms with Crippen molar-refractivity contribution in [2.75, 3.05) is 13.7 Å². The van der Waals surface area contributed by atoms with E-state index in [1.165, 1.54) is 11.1 Å². The standard InChI is InChI=1S/C11H14N2O2/c1-15-10-5-8-6-13-3-2-7(8)4-9(10)11(12)14/h4-5,13H,2-3,6H2,1H3,(H2,12,14). The first kappa shape index (κ1) is 9.98. The minimum Gasteiger partial charge on any atom is -0.496 e. The maximum Gasteiger partial charge on any atom is 0.252 e. The molecular weight excluding hydrogens is 192 g/mol. The molecule has 0 radical (unpaired) electrons. The van der Waals surface area contributed by atoms with E-state index in [-0.39, 0.29) is 0 Å². The van der Waals surface area contributed by atoms with Crippen LogP contribution in [-0.2, 0) is 13.0 Å². The first-order valence-electron chi connectivity index (χ1n) is 4.92. The number of carbonyl (C=O) groups is 1. The Hall–Kier alpha value is -1.55. The Morgan fingerprint density at radius 3 is 2.93 bits per heavy atom. The lowest BCUT2D eigenvalue weighted by atomic mass is 9.97. The van der Waals surface area contributed by atoms with Gasteiger partial charge in [0.15, 0.2) is 0 Å². The van der Waals surface area contributed by atoms with Gasteiger partial charge in [-0.05, 0) is 36.2 Å². The highest BCUT2D eigenvalue weighted by molar-refractivity contribution is 5.96. The molecule has 15 heavy (non-hydrogen) atoms. The molecule has 1 aliphatic heterocycles. The number of hydrogen-bond donors (Lipinski definition) is 2. The van der Waals surface area contributed by atoms with Crippen molar-refractivity contribution in [2.45, 2.75) is 13.0 Å². The summed E-state index contributed by atoms with van der Waals surface area (Å²) in [5, 5.41) is 3.27. The Morgan fingerprint density at radius 1 is 1.47 bits per heavy atom. The number of ether oxygens (including phenoxy) is 1. The second kappa shape index (κ2) is 3.90.